The molecule has 0 unspecified atom stereocenters. The van der Waals surface area contributed by atoms with E-state index in [1.54, 1.807) is 30.5 Å². The monoisotopic (exact) mass is 457 g/mol. The molecule has 0 aliphatic heterocycles. The van der Waals surface area contributed by atoms with Crippen LogP contribution in [0.4, 0.5) is 10.1 Å². The van der Waals surface area contributed by atoms with E-state index in [1.807, 2.05) is 24.3 Å². The van der Waals surface area contributed by atoms with Gasteiger partial charge in [0.05, 0.1) is 6.54 Å². The van der Waals surface area contributed by atoms with E-state index in [-0.39, 0.29) is 17.8 Å². The first-order chi connectivity index (χ1) is 16.0. The van der Waals surface area contributed by atoms with E-state index in [1.165, 1.54) is 35.6 Å². The van der Waals surface area contributed by atoms with Crippen molar-refractivity contribution in [2.75, 3.05) is 5.32 Å². The van der Waals surface area contributed by atoms with Crippen LogP contribution in [-0.4, -0.2) is 25.7 Å². The third-order valence-electron chi connectivity index (χ3n) is 4.88. The van der Waals surface area contributed by atoms with Crippen molar-refractivity contribution in [1.29, 1.82) is 0 Å². The van der Waals surface area contributed by atoms with E-state index in [0.29, 0.717) is 11.3 Å². The molecule has 0 aliphatic rings. The molecule has 2 aromatic carbocycles. The quantitative estimate of drug-likeness (QED) is 0.424. The van der Waals surface area contributed by atoms with Crippen molar-refractivity contribution in [1.82, 2.24) is 19.7 Å². The van der Waals surface area contributed by atoms with Gasteiger partial charge < -0.3 is 5.32 Å². The molecule has 0 spiro atoms. The Morgan fingerprint density at radius 1 is 1.03 bits per heavy atom. The minimum Gasteiger partial charge on any atom is -0.321 e. The van der Waals surface area contributed by atoms with Gasteiger partial charge in [-0.2, -0.15) is 5.10 Å². The van der Waals surface area contributed by atoms with Crippen LogP contribution in [0.2, 0.25) is 0 Å². The smallest absolute Gasteiger partial charge is 0.276 e. The molecule has 0 saturated carbocycles. The molecular weight excluding hydrogens is 441 g/mol. The van der Waals surface area contributed by atoms with Gasteiger partial charge in [0.1, 0.15) is 26.9 Å². The molecule has 7 nitrogen and oxygen atoms in total. The average molecular weight is 457 g/mol. The van der Waals surface area contributed by atoms with Gasteiger partial charge in [0, 0.05) is 23.5 Å². The molecule has 0 atom stereocenters. The maximum Gasteiger partial charge on any atom is 0.276 e. The van der Waals surface area contributed by atoms with E-state index < -0.39 is 11.7 Å². The SMILES string of the molecule is O=C(Nc1ccc(-c2nc3cccnc3s2)cc1)c1ccc(=O)n(Cc2cccc(F)c2)n1. The molecule has 5 rings (SSSR count). The van der Waals surface area contributed by atoms with Crippen molar-refractivity contribution >= 4 is 33.3 Å². The van der Waals surface area contributed by atoms with E-state index in [4.69, 9.17) is 0 Å². The largest absolute Gasteiger partial charge is 0.321 e. The van der Waals surface area contributed by atoms with Crippen LogP contribution in [0.1, 0.15) is 16.1 Å². The van der Waals surface area contributed by atoms with Crippen molar-refractivity contribution in [3.63, 3.8) is 0 Å². The molecule has 0 radical (unpaired) electrons. The fraction of sp³-hybridized carbons (Fsp3) is 0.0417. The molecule has 3 aromatic heterocycles. The number of carbonyl (C=O) groups is 1. The van der Waals surface area contributed by atoms with Crippen LogP contribution in [0.25, 0.3) is 20.9 Å². The van der Waals surface area contributed by atoms with Crippen LogP contribution in [0.15, 0.2) is 83.8 Å². The fourth-order valence-electron chi connectivity index (χ4n) is 3.28. The number of nitrogens with zero attached hydrogens (tertiary/aromatic N) is 4. The van der Waals surface area contributed by atoms with E-state index in [0.717, 1.165) is 25.6 Å². The number of carbonyl (C=O) groups excluding carboxylic acids is 1. The molecule has 0 saturated heterocycles. The molecule has 0 aliphatic carbocycles. The number of halogens is 1. The minimum absolute atomic E-state index is 0.0590. The number of pyridine rings is 1. The second kappa shape index (κ2) is 8.71. The highest BCUT2D eigenvalue weighted by molar-refractivity contribution is 7.21. The summed E-state index contributed by atoms with van der Waals surface area (Å²) in [5.41, 5.74) is 2.60. The lowest BCUT2D eigenvalue weighted by Crippen LogP contribution is -2.26. The summed E-state index contributed by atoms with van der Waals surface area (Å²) in [5, 5.41) is 7.75. The van der Waals surface area contributed by atoms with Gasteiger partial charge in [-0.05, 0) is 60.2 Å². The number of hydrogen-bond donors (Lipinski definition) is 1. The van der Waals surface area contributed by atoms with E-state index in [2.05, 4.69) is 20.4 Å². The number of benzene rings is 2. The second-order valence-electron chi connectivity index (χ2n) is 7.22. The third kappa shape index (κ3) is 4.53. The first-order valence-electron chi connectivity index (χ1n) is 10.0. The predicted molar refractivity (Wildman–Crippen MR) is 125 cm³/mol. The highest BCUT2D eigenvalue weighted by atomic mass is 32.1. The molecular formula is C24H16FN5O2S. The molecule has 1 amide bonds. The van der Waals surface area contributed by atoms with Gasteiger partial charge in [0.2, 0.25) is 0 Å². The fourth-order valence-corrected chi connectivity index (χ4v) is 4.19. The normalized spacial score (nSPS) is 10.9. The lowest BCUT2D eigenvalue weighted by Gasteiger charge is -2.08. The molecule has 0 fully saturated rings. The number of nitrogens with one attached hydrogen (secondary N) is 1. The Hall–Kier alpha value is -4.24. The Morgan fingerprint density at radius 2 is 1.88 bits per heavy atom. The molecule has 33 heavy (non-hydrogen) atoms. The molecule has 162 valence electrons. The van der Waals surface area contributed by atoms with Crippen LogP contribution in [-0.2, 0) is 6.54 Å². The molecule has 3 heterocycles. The average Bonchev–Trinajstić information content (AvgIpc) is 3.25. The molecule has 5 aromatic rings. The van der Waals surface area contributed by atoms with Crippen molar-refractivity contribution in [3.05, 3.63) is 106 Å². The third-order valence-corrected chi connectivity index (χ3v) is 5.91. The Kier molecular flexibility index (Phi) is 5.45. The van der Waals surface area contributed by atoms with Crippen LogP contribution in [0, 0.1) is 5.82 Å². The van der Waals surface area contributed by atoms with Gasteiger partial charge in [-0.3, -0.25) is 9.59 Å². The van der Waals surface area contributed by atoms with Gasteiger partial charge in [-0.15, -0.1) is 0 Å². The summed E-state index contributed by atoms with van der Waals surface area (Å²) in [5.74, 6) is -0.861. The van der Waals surface area contributed by atoms with Crippen LogP contribution in [0.3, 0.4) is 0 Å². The maximum absolute atomic E-state index is 13.4. The summed E-state index contributed by atoms with van der Waals surface area (Å²) in [6.45, 7) is 0.0590. The summed E-state index contributed by atoms with van der Waals surface area (Å²) in [7, 11) is 0. The molecule has 0 bridgehead atoms. The lowest BCUT2D eigenvalue weighted by atomic mass is 10.2. The number of anilines is 1. The lowest BCUT2D eigenvalue weighted by molar-refractivity contribution is 0.102. The highest BCUT2D eigenvalue weighted by Crippen LogP contribution is 2.29. The zero-order valence-corrected chi connectivity index (χ0v) is 17.9. The Labute approximate surface area is 191 Å². The second-order valence-corrected chi connectivity index (χ2v) is 8.20. The number of aromatic nitrogens is 4. The minimum atomic E-state index is -0.458. The molecule has 9 heteroatoms. The van der Waals surface area contributed by atoms with Crippen molar-refractivity contribution in [3.8, 4) is 10.6 Å². The topological polar surface area (TPSA) is 89.8 Å². The Bertz CT molecular complexity index is 1500. The zero-order valence-electron chi connectivity index (χ0n) is 17.1. The first-order valence-corrected chi connectivity index (χ1v) is 10.8. The standard InChI is InChI=1S/C24H16FN5O2S/c25-17-4-1-3-15(13-17)14-30-21(31)11-10-19(29-30)22(32)27-18-8-6-16(7-9-18)23-28-20-5-2-12-26-24(20)33-23/h1-13H,14H2,(H,27,32). The van der Waals surface area contributed by atoms with Gasteiger partial charge >= 0.3 is 0 Å². The summed E-state index contributed by atoms with van der Waals surface area (Å²) >= 11 is 1.50. The Balaban J connectivity index is 1.32. The van der Waals surface area contributed by atoms with Gasteiger partial charge in [0.25, 0.3) is 11.5 Å². The Morgan fingerprint density at radius 3 is 2.67 bits per heavy atom. The van der Waals surface area contributed by atoms with Crippen LogP contribution >= 0.6 is 11.3 Å². The van der Waals surface area contributed by atoms with Crippen molar-refractivity contribution < 1.29 is 9.18 Å². The highest BCUT2D eigenvalue weighted by Gasteiger charge is 2.12. The summed E-state index contributed by atoms with van der Waals surface area (Å²) < 4.78 is 14.6. The number of hydrogen-bond acceptors (Lipinski definition) is 6. The summed E-state index contributed by atoms with van der Waals surface area (Å²) in [6, 6.07) is 19.6. The zero-order chi connectivity index (χ0) is 22.8. The number of rotatable bonds is 5. The van der Waals surface area contributed by atoms with Crippen molar-refractivity contribution in [2.45, 2.75) is 6.54 Å². The first kappa shape index (κ1) is 20.7. The van der Waals surface area contributed by atoms with E-state index in [9.17, 15) is 14.0 Å². The predicted octanol–water partition coefficient (Wildman–Crippen LogP) is 4.35. The van der Waals surface area contributed by atoms with Gasteiger partial charge in [-0.25, -0.2) is 19.0 Å². The van der Waals surface area contributed by atoms with Gasteiger partial charge in [0.15, 0.2) is 0 Å². The number of thiazole rings is 1. The van der Waals surface area contributed by atoms with Crippen LogP contribution in [0.5, 0.6) is 0 Å². The molecule has 1 N–H and O–H groups in total. The van der Waals surface area contributed by atoms with E-state index >= 15 is 0 Å². The maximum atomic E-state index is 13.4. The van der Waals surface area contributed by atoms with Gasteiger partial charge in [-0.1, -0.05) is 23.5 Å². The number of amides is 1. The summed E-state index contributed by atoms with van der Waals surface area (Å²) in [4.78, 5) is 34.6. The number of fused-ring (bicyclic) bond motifs is 1. The summed E-state index contributed by atoms with van der Waals surface area (Å²) in [6.07, 6.45) is 1.73. The van der Waals surface area contributed by atoms with Crippen LogP contribution < -0.4 is 10.9 Å². The van der Waals surface area contributed by atoms with Crippen molar-refractivity contribution in [2.24, 2.45) is 0 Å².